The van der Waals surface area contributed by atoms with Gasteiger partial charge in [0.05, 0.1) is 25.4 Å². The summed E-state index contributed by atoms with van der Waals surface area (Å²) in [7, 11) is 1.65. The number of pyridine rings is 1. The molecule has 5 aromatic rings. The summed E-state index contributed by atoms with van der Waals surface area (Å²) in [4.78, 5) is 4.23. The third-order valence-electron chi connectivity index (χ3n) is 5.35. The van der Waals surface area contributed by atoms with E-state index >= 15 is 0 Å². The SMILES string of the molecule is C.COCCOCSc1nnc(-c2cccnc2)n1/N=C/c1c2ccccc2cc2ccccc12. The zero-order valence-corrected chi connectivity index (χ0v) is 19.5. The van der Waals surface area contributed by atoms with E-state index in [1.54, 1.807) is 24.2 Å². The molecule has 0 bridgehead atoms. The van der Waals surface area contributed by atoms with Gasteiger partial charge in [0, 0.05) is 30.6 Å². The minimum atomic E-state index is 0. The van der Waals surface area contributed by atoms with Gasteiger partial charge in [0.25, 0.3) is 0 Å². The molecule has 7 nitrogen and oxygen atoms in total. The van der Waals surface area contributed by atoms with Crippen molar-refractivity contribution in [3.63, 3.8) is 0 Å². The molecule has 0 N–H and O–H groups in total. The molecule has 0 radical (unpaired) electrons. The van der Waals surface area contributed by atoms with Crippen LogP contribution in [0, 0.1) is 0 Å². The van der Waals surface area contributed by atoms with Crippen molar-refractivity contribution in [2.45, 2.75) is 12.6 Å². The van der Waals surface area contributed by atoms with Gasteiger partial charge in [-0.2, -0.15) is 9.78 Å². The van der Waals surface area contributed by atoms with E-state index in [-0.39, 0.29) is 7.43 Å². The van der Waals surface area contributed by atoms with Crippen LogP contribution in [0.1, 0.15) is 13.0 Å². The third-order valence-corrected chi connectivity index (χ3v) is 6.15. The van der Waals surface area contributed by atoms with Gasteiger partial charge in [0.2, 0.25) is 5.16 Å². The van der Waals surface area contributed by atoms with E-state index < -0.39 is 0 Å². The molecule has 0 aliphatic rings. The summed E-state index contributed by atoms with van der Waals surface area (Å²) in [5, 5.41) is 18.9. The molecule has 5 rings (SSSR count). The number of ether oxygens (including phenoxy) is 2. The fraction of sp³-hybridized carbons (Fsp3) is 0.185. The quantitative estimate of drug-likeness (QED) is 0.0854. The monoisotopic (exact) mass is 485 g/mol. The Hall–Kier alpha value is -3.59. The van der Waals surface area contributed by atoms with Crippen molar-refractivity contribution < 1.29 is 9.47 Å². The molecule has 0 spiro atoms. The number of fused-ring (bicyclic) bond motifs is 2. The lowest BCUT2D eigenvalue weighted by Crippen LogP contribution is -2.02. The second-order valence-electron chi connectivity index (χ2n) is 7.50. The number of hydrogen-bond donors (Lipinski definition) is 0. The van der Waals surface area contributed by atoms with E-state index in [4.69, 9.17) is 14.6 Å². The van der Waals surface area contributed by atoms with Gasteiger partial charge in [0.1, 0.15) is 0 Å². The lowest BCUT2D eigenvalue weighted by atomic mass is 9.97. The maximum atomic E-state index is 5.62. The minimum absolute atomic E-state index is 0. The van der Waals surface area contributed by atoms with E-state index in [2.05, 4.69) is 57.6 Å². The van der Waals surface area contributed by atoms with Gasteiger partial charge in [-0.1, -0.05) is 67.7 Å². The standard InChI is InChI=1S/C26H23N5O2S.CH4/c1-32-13-14-33-18-34-26-30-29-25(21-9-6-12-27-16-21)31(26)28-17-24-22-10-4-2-7-19(22)15-20-8-3-5-11-23(20)24;/h2-12,15-17H,13-14,18H2,1H3;1H4/b28-17+;. The predicted octanol–water partition coefficient (Wildman–Crippen LogP) is 5.88. The fourth-order valence-electron chi connectivity index (χ4n) is 3.73. The van der Waals surface area contributed by atoms with Gasteiger partial charge >= 0.3 is 0 Å². The molecule has 0 saturated heterocycles. The summed E-state index contributed by atoms with van der Waals surface area (Å²) in [5.41, 5.74) is 1.88. The number of aromatic nitrogens is 4. The molecule has 0 aliphatic carbocycles. The van der Waals surface area contributed by atoms with Gasteiger partial charge in [-0.15, -0.1) is 10.2 Å². The molecule has 0 unspecified atom stereocenters. The van der Waals surface area contributed by atoms with E-state index in [1.807, 2.05) is 30.5 Å². The number of hydrogen-bond acceptors (Lipinski definition) is 7. The van der Waals surface area contributed by atoms with Crippen molar-refractivity contribution in [2.24, 2.45) is 5.10 Å². The maximum Gasteiger partial charge on any atom is 0.214 e. The summed E-state index contributed by atoms with van der Waals surface area (Å²) in [6.45, 7) is 1.05. The largest absolute Gasteiger partial charge is 0.382 e. The number of benzene rings is 3. The number of methoxy groups -OCH3 is 1. The van der Waals surface area contributed by atoms with Gasteiger partial charge in [-0.3, -0.25) is 4.98 Å². The van der Waals surface area contributed by atoms with Crippen LogP contribution in [0.5, 0.6) is 0 Å². The summed E-state index contributed by atoms with van der Waals surface area (Å²) in [6.07, 6.45) is 5.38. The Morgan fingerprint density at radius 3 is 2.37 bits per heavy atom. The number of thioether (sulfide) groups is 1. The molecule has 35 heavy (non-hydrogen) atoms. The van der Waals surface area contributed by atoms with E-state index in [9.17, 15) is 0 Å². The first-order chi connectivity index (χ1) is 16.8. The van der Waals surface area contributed by atoms with Gasteiger partial charge < -0.3 is 9.47 Å². The maximum absolute atomic E-state index is 5.62. The third kappa shape index (κ3) is 5.40. The average molecular weight is 486 g/mol. The van der Waals surface area contributed by atoms with Crippen LogP contribution in [0.4, 0.5) is 0 Å². The number of nitrogens with zero attached hydrogens (tertiary/aromatic N) is 5. The Morgan fingerprint density at radius 1 is 0.943 bits per heavy atom. The van der Waals surface area contributed by atoms with Crippen LogP contribution in [-0.2, 0) is 9.47 Å². The smallest absolute Gasteiger partial charge is 0.214 e. The molecule has 2 aromatic heterocycles. The van der Waals surface area contributed by atoms with E-state index in [0.717, 1.165) is 21.9 Å². The van der Waals surface area contributed by atoms with Crippen molar-refractivity contribution in [3.8, 4) is 11.4 Å². The predicted molar refractivity (Wildman–Crippen MR) is 143 cm³/mol. The molecular weight excluding hydrogens is 458 g/mol. The first-order valence-electron chi connectivity index (χ1n) is 10.9. The topological polar surface area (TPSA) is 74.4 Å². The van der Waals surface area contributed by atoms with Gasteiger partial charge in [-0.05, 0) is 39.7 Å². The Morgan fingerprint density at radius 2 is 1.69 bits per heavy atom. The Kier molecular flexibility index (Phi) is 8.20. The molecule has 3 aromatic carbocycles. The second-order valence-corrected chi connectivity index (χ2v) is 8.39. The van der Waals surface area contributed by atoms with Crippen LogP contribution < -0.4 is 0 Å². The minimum Gasteiger partial charge on any atom is -0.382 e. The van der Waals surface area contributed by atoms with Crippen LogP contribution in [-0.4, -0.2) is 52.3 Å². The van der Waals surface area contributed by atoms with Crippen LogP contribution >= 0.6 is 11.8 Å². The first-order valence-corrected chi connectivity index (χ1v) is 11.8. The highest BCUT2D eigenvalue weighted by Gasteiger charge is 2.15. The highest BCUT2D eigenvalue weighted by Crippen LogP contribution is 2.28. The van der Waals surface area contributed by atoms with Crippen molar-refractivity contribution in [3.05, 3.63) is 84.7 Å². The molecule has 178 valence electrons. The van der Waals surface area contributed by atoms with Crippen LogP contribution in [0.2, 0.25) is 0 Å². The van der Waals surface area contributed by atoms with E-state index in [1.165, 1.54) is 22.5 Å². The normalized spacial score (nSPS) is 11.3. The first kappa shape index (κ1) is 24.5. The molecule has 2 heterocycles. The molecule has 0 fully saturated rings. The Balaban J connectivity index is 0.00000289. The van der Waals surface area contributed by atoms with Crippen molar-refractivity contribution in [1.29, 1.82) is 0 Å². The molecule has 0 saturated carbocycles. The zero-order chi connectivity index (χ0) is 23.2. The molecule has 0 atom stereocenters. The highest BCUT2D eigenvalue weighted by molar-refractivity contribution is 7.99. The van der Waals surface area contributed by atoms with Crippen molar-refractivity contribution in [2.75, 3.05) is 26.3 Å². The highest BCUT2D eigenvalue weighted by atomic mass is 32.2. The average Bonchev–Trinajstić information content (AvgIpc) is 3.29. The van der Waals surface area contributed by atoms with E-state index in [0.29, 0.717) is 30.1 Å². The number of rotatable bonds is 9. The fourth-order valence-corrected chi connectivity index (χ4v) is 4.39. The van der Waals surface area contributed by atoms with Crippen LogP contribution in [0.15, 0.2) is 89.4 Å². The van der Waals surface area contributed by atoms with Gasteiger partial charge in [-0.25, -0.2) is 0 Å². The lowest BCUT2D eigenvalue weighted by molar-refractivity contribution is 0.0952. The van der Waals surface area contributed by atoms with Crippen LogP contribution in [0.3, 0.4) is 0 Å². The molecule has 0 aliphatic heterocycles. The lowest BCUT2D eigenvalue weighted by Gasteiger charge is -2.09. The summed E-state index contributed by atoms with van der Waals surface area (Å²) in [5.74, 6) is 1.04. The summed E-state index contributed by atoms with van der Waals surface area (Å²) in [6, 6.07) is 22.7. The molecular formula is C27H27N5O2S. The molecule has 8 heteroatoms. The zero-order valence-electron chi connectivity index (χ0n) is 18.7. The van der Waals surface area contributed by atoms with Gasteiger partial charge in [0.15, 0.2) is 5.82 Å². The Labute approximate surface area is 208 Å². The van der Waals surface area contributed by atoms with Crippen molar-refractivity contribution in [1.82, 2.24) is 19.9 Å². The summed E-state index contributed by atoms with van der Waals surface area (Å²) < 4.78 is 12.4. The second kappa shape index (κ2) is 11.7. The van der Waals surface area contributed by atoms with Crippen LogP contribution in [0.25, 0.3) is 32.9 Å². The Bertz CT molecular complexity index is 1380. The summed E-state index contributed by atoms with van der Waals surface area (Å²) >= 11 is 1.43. The van der Waals surface area contributed by atoms with Crippen molar-refractivity contribution >= 4 is 39.5 Å². The molecule has 0 amide bonds.